The number of benzene rings is 2. The van der Waals surface area contributed by atoms with E-state index in [2.05, 4.69) is 10.2 Å². The number of hydrogen-bond donors (Lipinski definition) is 0. The number of halogens is 1. The van der Waals surface area contributed by atoms with Crippen molar-refractivity contribution >= 4 is 17.7 Å². The minimum atomic E-state index is -0.342. The van der Waals surface area contributed by atoms with E-state index in [1.54, 1.807) is 11.9 Å². The molecule has 10 heteroatoms. The number of para-hydroxylation sites is 2. The maximum absolute atomic E-state index is 12.9. The molecule has 31 heavy (non-hydrogen) atoms. The van der Waals surface area contributed by atoms with Crippen LogP contribution >= 0.6 is 11.8 Å². The Kier molecular flexibility index (Phi) is 6.56. The van der Waals surface area contributed by atoms with Crippen LogP contribution in [-0.4, -0.2) is 53.1 Å². The average Bonchev–Trinajstić information content (AvgIpc) is 3.25. The number of carbonyl (C=O) groups is 1. The molecule has 0 aliphatic carbocycles. The number of nitrogens with zero attached hydrogens (tertiary/aromatic N) is 3. The third-order valence-corrected chi connectivity index (χ3v) is 5.22. The van der Waals surface area contributed by atoms with Crippen LogP contribution in [0.15, 0.2) is 58.2 Å². The van der Waals surface area contributed by atoms with Crippen molar-refractivity contribution in [2.24, 2.45) is 0 Å². The zero-order valence-corrected chi connectivity index (χ0v) is 17.5. The number of thioether (sulfide) groups is 1. The van der Waals surface area contributed by atoms with Crippen LogP contribution in [0.5, 0.6) is 17.2 Å². The van der Waals surface area contributed by atoms with Crippen LogP contribution in [0, 0.1) is 5.82 Å². The largest absolute Gasteiger partial charge is 0.486 e. The molecule has 8 nitrogen and oxygen atoms in total. The fourth-order valence-corrected chi connectivity index (χ4v) is 3.55. The standard InChI is InChI=1S/C21H20FN3O5S/c1-25(10-16-11-28-17-4-2-3-5-18(17)29-16)20(26)13-31-21-24-23-19(30-21)12-27-15-8-6-14(22)7-9-15/h2-9,16H,10-13H2,1H3/t16-/m0/s1. The number of aromatic nitrogens is 2. The van der Waals surface area contributed by atoms with Crippen LogP contribution in [0.25, 0.3) is 0 Å². The van der Waals surface area contributed by atoms with E-state index < -0.39 is 0 Å². The van der Waals surface area contributed by atoms with Gasteiger partial charge in [0.2, 0.25) is 5.91 Å². The smallest absolute Gasteiger partial charge is 0.277 e. The molecular weight excluding hydrogens is 425 g/mol. The van der Waals surface area contributed by atoms with Crippen LogP contribution < -0.4 is 14.2 Å². The van der Waals surface area contributed by atoms with Crippen molar-refractivity contribution in [2.75, 3.05) is 26.0 Å². The van der Waals surface area contributed by atoms with Crippen molar-refractivity contribution in [3.8, 4) is 17.2 Å². The van der Waals surface area contributed by atoms with Gasteiger partial charge >= 0.3 is 0 Å². The number of fused-ring (bicyclic) bond motifs is 1. The van der Waals surface area contributed by atoms with Crippen molar-refractivity contribution in [1.29, 1.82) is 0 Å². The first-order valence-corrected chi connectivity index (χ1v) is 10.5. The number of amides is 1. The van der Waals surface area contributed by atoms with E-state index in [-0.39, 0.29) is 41.3 Å². The summed E-state index contributed by atoms with van der Waals surface area (Å²) < 4.78 is 35.4. The second kappa shape index (κ2) is 9.69. The van der Waals surface area contributed by atoms with E-state index in [0.29, 0.717) is 30.4 Å². The van der Waals surface area contributed by atoms with Gasteiger partial charge in [0.25, 0.3) is 11.1 Å². The van der Waals surface area contributed by atoms with Crippen molar-refractivity contribution in [1.82, 2.24) is 15.1 Å². The van der Waals surface area contributed by atoms with Crippen LogP contribution in [0.1, 0.15) is 5.89 Å². The molecule has 0 fully saturated rings. The Morgan fingerprint density at radius 1 is 1.19 bits per heavy atom. The van der Waals surface area contributed by atoms with Gasteiger partial charge in [-0.3, -0.25) is 4.79 Å². The lowest BCUT2D eigenvalue weighted by Gasteiger charge is -2.29. The van der Waals surface area contributed by atoms with Gasteiger partial charge < -0.3 is 23.5 Å². The van der Waals surface area contributed by atoms with Gasteiger partial charge in [0.1, 0.15) is 18.2 Å². The molecule has 0 saturated heterocycles. The van der Waals surface area contributed by atoms with Crippen molar-refractivity contribution in [3.05, 3.63) is 60.2 Å². The molecule has 0 saturated carbocycles. The summed E-state index contributed by atoms with van der Waals surface area (Å²) in [6, 6.07) is 13.1. The molecule has 0 bridgehead atoms. The molecule has 0 unspecified atom stereocenters. The minimum Gasteiger partial charge on any atom is -0.486 e. The van der Waals surface area contributed by atoms with Crippen LogP contribution in [-0.2, 0) is 11.4 Å². The summed E-state index contributed by atoms with van der Waals surface area (Å²) in [7, 11) is 1.71. The molecule has 2 heterocycles. The topological polar surface area (TPSA) is 86.9 Å². The SMILES string of the molecule is CN(C[C@H]1COc2ccccc2O1)C(=O)CSc1nnc(COc2ccc(F)cc2)o1. The summed E-state index contributed by atoms with van der Waals surface area (Å²) in [4.78, 5) is 14.0. The van der Waals surface area contributed by atoms with Gasteiger partial charge in [0.05, 0.1) is 12.3 Å². The van der Waals surface area contributed by atoms with Crippen molar-refractivity contribution in [3.63, 3.8) is 0 Å². The zero-order valence-electron chi connectivity index (χ0n) is 16.7. The maximum atomic E-state index is 12.9. The molecule has 4 rings (SSSR count). The van der Waals surface area contributed by atoms with Gasteiger partial charge in [0.15, 0.2) is 24.2 Å². The summed E-state index contributed by atoms with van der Waals surface area (Å²) in [6.45, 7) is 0.824. The van der Waals surface area contributed by atoms with E-state index in [1.165, 1.54) is 24.3 Å². The molecule has 0 spiro atoms. The Morgan fingerprint density at radius 2 is 1.97 bits per heavy atom. The highest BCUT2D eigenvalue weighted by Gasteiger charge is 2.24. The zero-order chi connectivity index (χ0) is 21.6. The van der Waals surface area contributed by atoms with Gasteiger partial charge in [-0.2, -0.15) is 0 Å². The lowest BCUT2D eigenvalue weighted by molar-refractivity contribution is -0.128. The highest BCUT2D eigenvalue weighted by atomic mass is 32.2. The highest BCUT2D eigenvalue weighted by Crippen LogP contribution is 2.31. The molecule has 1 aromatic heterocycles. The summed E-state index contributed by atoms with van der Waals surface area (Å²) in [5, 5.41) is 8.06. The predicted molar refractivity (Wildman–Crippen MR) is 110 cm³/mol. The Hall–Kier alpha value is -3.27. The summed E-state index contributed by atoms with van der Waals surface area (Å²) in [6.07, 6.45) is -0.243. The lowest BCUT2D eigenvalue weighted by Crippen LogP contribution is -2.42. The van der Waals surface area contributed by atoms with Gasteiger partial charge in [-0.15, -0.1) is 10.2 Å². The van der Waals surface area contributed by atoms with E-state index in [4.69, 9.17) is 18.6 Å². The van der Waals surface area contributed by atoms with Gasteiger partial charge in [-0.25, -0.2) is 4.39 Å². The van der Waals surface area contributed by atoms with Crippen LogP contribution in [0.3, 0.4) is 0 Å². The third-order valence-electron chi connectivity index (χ3n) is 4.41. The number of hydrogen-bond acceptors (Lipinski definition) is 8. The van der Waals surface area contributed by atoms with Crippen LogP contribution in [0.4, 0.5) is 4.39 Å². The Morgan fingerprint density at radius 3 is 2.77 bits per heavy atom. The molecule has 0 radical (unpaired) electrons. The molecular formula is C21H20FN3O5S. The van der Waals surface area contributed by atoms with Gasteiger partial charge in [-0.1, -0.05) is 23.9 Å². The monoisotopic (exact) mass is 445 g/mol. The minimum absolute atomic E-state index is 0.0491. The molecule has 3 aromatic rings. The Bertz CT molecular complexity index is 1030. The molecule has 0 N–H and O–H groups in total. The Labute approximate surface area is 182 Å². The molecule has 1 aliphatic rings. The number of carbonyl (C=O) groups excluding carboxylic acids is 1. The lowest BCUT2D eigenvalue weighted by atomic mass is 10.2. The quantitative estimate of drug-likeness (QED) is 0.489. The molecule has 2 aromatic carbocycles. The first-order valence-electron chi connectivity index (χ1n) is 9.53. The number of ether oxygens (including phenoxy) is 3. The summed E-state index contributed by atoms with van der Waals surface area (Å²) in [5.41, 5.74) is 0. The van der Waals surface area contributed by atoms with E-state index in [9.17, 15) is 9.18 Å². The van der Waals surface area contributed by atoms with Crippen LogP contribution in [0.2, 0.25) is 0 Å². The average molecular weight is 445 g/mol. The highest BCUT2D eigenvalue weighted by molar-refractivity contribution is 7.99. The number of likely N-dealkylation sites (N-methyl/N-ethyl adjacent to an activating group) is 1. The second-order valence-corrected chi connectivity index (χ2v) is 7.69. The predicted octanol–water partition coefficient (Wildman–Crippen LogP) is 3.18. The second-order valence-electron chi connectivity index (χ2n) is 6.76. The summed E-state index contributed by atoms with van der Waals surface area (Å²) in [5.74, 6) is 1.83. The molecule has 1 aliphatic heterocycles. The van der Waals surface area contributed by atoms with Crippen molar-refractivity contribution < 1.29 is 27.8 Å². The van der Waals surface area contributed by atoms with E-state index in [0.717, 1.165) is 11.8 Å². The van der Waals surface area contributed by atoms with Crippen molar-refractivity contribution in [2.45, 2.75) is 17.9 Å². The first-order chi connectivity index (χ1) is 15.1. The fraction of sp³-hybridized carbons (Fsp3) is 0.286. The van der Waals surface area contributed by atoms with E-state index in [1.807, 2.05) is 24.3 Å². The fourth-order valence-electron chi connectivity index (χ4n) is 2.82. The van der Waals surface area contributed by atoms with Gasteiger partial charge in [0, 0.05) is 7.05 Å². The first kappa shape index (κ1) is 21.0. The molecule has 1 amide bonds. The maximum Gasteiger partial charge on any atom is 0.277 e. The number of rotatable bonds is 8. The van der Waals surface area contributed by atoms with E-state index >= 15 is 0 Å². The third kappa shape index (κ3) is 5.66. The van der Waals surface area contributed by atoms with Gasteiger partial charge in [-0.05, 0) is 36.4 Å². The normalized spacial score (nSPS) is 14.8. The molecule has 162 valence electrons. The summed E-state index contributed by atoms with van der Waals surface area (Å²) >= 11 is 1.14. The Balaban J connectivity index is 1.21. The molecule has 1 atom stereocenters.